The van der Waals surface area contributed by atoms with Crippen LogP contribution in [0.1, 0.15) is 12.7 Å². The van der Waals surface area contributed by atoms with Crippen LogP contribution < -0.4 is 15.4 Å². The Kier molecular flexibility index (Phi) is 6.83. The van der Waals surface area contributed by atoms with Crippen LogP contribution in [-0.2, 0) is 23.1 Å². The molecule has 3 rings (SSSR count). The van der Waals surface area contributed by atoms with Crippen LogP contribution in [0.3, 0.4) is 0 Å². The quantitative estimate of drug-likeness (QED) is 0.526. The fourth-order valence-electron chi connectivity index (χ4n) is 2.36. The smallest absolute Gasteiger partial charge is 0.239 e. The molecule has 0 saturated carbocycles. The highest BCUT2D eigenvalue weighted by Crippen LogP contribution is 2.23. The van der Waals surface area contributed by atoms with Crippen molar-refractivity contribution in [3.8, 4) is 5.75 Å². The van der Waals surface area contributed by atoms with E-state index < -0.39 is 5.25 Å². The Balaban J connectivity index is 1.58. The summed E-state index contributed by atoms with van der Waals surface area (Å²) in [6.07, 6.45) is 1.69. The molecule has 1 unspecified atom stereocenters. The summed E-state index contributed by atoms with van der Waals surface area (Å²) in [7, 11) is 3.33. The lowest BCUT2D eigenvalue weighted by molar-refractivity contribution is -0.116. The molecular formula is C18H20N6O3S2. The molecule has 2 heterocycles. The minimum absolute atomic E-state index is 0.0565. The Bertz CT molecular complexity index is 989. The highest BCUT2D eigenvalue weighted by molar-refractivity contribution is 8.00. The van der Waals surface area contributed by atoms with E-state index in [1.54, 1.807) is 61.5 Å². The van der Waals surface area contributed by atoms with Gasteiger partial charge in [0.05, 0.1) is 18.8 Å². The van der Waals surface area contributed by atoms with Crippen molar-refractivity contribution in [2.24, 2.45) is 7.05 Å². The average molecular weight is 433 g/mol. The lowest BCUT2D eigenvalue weighted by Crippen LogP contribution is -2.22. The maximum Gasteiger partial charge on any atom is 0.239 e. The third-order valence-electron chi connectivity index (χ3n) is 3.91. The molecule has 0 aliphatic carbocycles. The van der Waals surface area contributed by atoms with Gasteiger partial charge in [-0.3, -0.25) is 9.59 Å². The molecular weight excluding hydrogens is 412 g/mol. The molecule has 0 spiro atoms. The van der Waals surface area contributed by atoms with Crippen LogP contribution in [0.2, 0.25) is 0 Å². The molecule has 0 bridgehead atoms. The number of carbonyl (C=O) groups is 2. The minimum atomic E-state index is -0.403. The summed E-state index contributed by atoms with van der Waals surface area (Å²) in [6.45, 7) is 1.78. The van der Waals surface area contributed by atoms with Gasteiger partial charge in [-0.25, -0.2) is 4.98 Å². The molecule has 9 nitrogen and oxygen atoms in total. The predicted octanol–water partition coefficient (Wildman–Crippen LogP) is 2.58. The molecule has 29 heavy (non-hydrogen) atoms. The van der Waals surface area contributed by atoms with E-state index in [9.17, 15) is 9.59 Å². The highest BCUT2D eigenvalue weighted by atomic mass is 32.2. The second-order valence-electron chi connectivity index (χ2n) is 6.00. The fourth-order valence-corrected chi connectivity index (χ4v) is 3.72. The van der Waals surface area contributed by atoms with Gasteiger partial charge in [-0.2, -0.15) is 0 Å². The SMILES string of the molecule is COc1cccc(NC(=O)Cc2nnc(SC(C)C(=O)Nc3nccs3)n2C)c1. The predicted molar refractivity (Wildman–Crippen MR) is 112 cm³/mol. The van der Waals surface area contributed by atoms with Gasteiger partial charge in [-0.15, -0.1) is 21.5 Å². The molecule has 2 N–H and O–H groups in total. The molecule has 3 aromatic rings. The average Bonchev–Trinajstić information content (AvgIpc) is 3.33. The molecule has 0 aliphatic heterocycles. The van der Waals surface area contributed by atoms with Gasteiger partial charge in [-0.1, -0.05) is 17.8 Å². The molecule has 2 aromatic heterocycles. The van der Waals surface area contributed by atoms with Gasteiger partial charge in [0.1, 0.15) is 11.6 Å². The zero-order valence-electron chi connectivity index (χ0n) is 16.1. The maximum atomic E-state index is 12.3. The monoisotopic (exact) mass is 432 g/mol. The summed E-state index contributed by atoms with van der Waals surface area (Å²) in [5.74, 6) is 0.760. The number of ether oxygens (including phenoxy) is 1. The lowest BCUT2D eigenvalue weighted by atomic mass is 10.3. The summed E-state index contributed by atoms with van der Waals surface area (Å²) in [6, 6.07) is 7.11. The first-order chi connectivity index (χ1) is 14.0. The van der Waals surface area contributed by atoms with Crippen LogP contribution in [0.25, 0.3) is 0 Å². The van der Waals surface area contributed by atoms with Crippen molar-refractivity contribution in [3.63, 3.8) is 0 Å². The van der Waals surface area contributed by atoms with Crippen molar-refractivity contribution < 1.29 is 14.3 Å². The van der Waals surface area contributed by atoms with Gasteiger partial charge in [0, 0.05) is 30.4 Å². The first-order valence-electron chi connectivity index (χ1n) is 8.65. The molecule has 0 aliphatic rings. The van der Waals surface area contributed by atoms with Gasteiger partial charge >= 0.3 is 0 Å². The van der Waals surface area contributed by atoms with E-state index in [2.05, 4.69) is 25.8 Å². The Labute approximate surface area is 175 Å². The van der Waals surface area contributed by atoms with Crippen LogP contribution >= 0.6 is 23.1 Å². The number of hydrogen-bond donors (Lipinski definition) is 2. The number of nitrogens with one attached hydrogen (secondary N) is 2. The molecule has 11 heteroatoms. The second kappa shape index (κ2) is 9.52. The maximum absolute atomic E-state index is 12.3. The summed E-state index contributed by atoms with van der Waals surface area (Å²) >= 11 is 2.62. The third-order valence-corrected chi connectivity index (χ3v) is 5.73. The number of aromatic nitrogens is 4. The molecule has 152 valence electrons. The first kappa shape index (κ1) is 20.8. The number of benzene rings is 1. The minimum Gasteiger partial charge on any atom is -0.497 e. The topological polar surface area (TPSA) is 111 Å². The van der Waals surface area contributed by atoms with E-state index in [1.807, 2.05) is 0 Å². The lowest BCUT2D eigenvalue weighted by Gasteiger charge is -2.10. The van der Waals surface area contributed by atoms with Crippen molar-refractivity contribution in [2.45, 2.75) is 23.8 Å². The Morgan fingerprint density at radius 3 is 2.86 bits per heavy atom. The zero-order valence-corrected chi connectivity index (χ0v) is 17.7. The Morgan fingerprint density at radius 2 is 2.14 bits per heavy atom. The van der Waals surface area contributed by atoms with Crippen molar-refractivity contribution >= 4 is 45.7 Å². The van der Waals surface area contributed by atoms with Crippen LogP contribution in [0, 0.1) is 0 Å². The highest BCUT2D eigenvalue weighted by Gasteiger charge is 2.20. The number of methoxy groups -OCH3 is 1. The number of thiazole rings is 1. The Morgan fingerprint density at radius 1 is 1.31 bits per heavy atom. The number of nitrogens with zero attached hydrogens (tertiary/aromatic N) is 4. The first-order valence-corrected chi connectivity index (χ1v) is 10.4. The largest absolute Gasteiger partial charge is 0.497 e. The second-order valence-corrected chi connectivity index (χ2v) is 8.20. The van der Waals surface area contributed by atoms with E-state index in [4.69, 9.17) is 4.74 Å². The molecule has 1 aromatic carbocycles. The van der Waals surface area contributed by atoms with Crippen LogP contribution in [0.5, 0.6) is 5.75 Å². The summed E-state index contributed by atoms with van der Waals surface area (Å²) in [5, 5.41) is 16.2. The van der Waals surface area contributed by atoms with E-state index >= 15 is 0 Å². The van der Waals surface area contributed by atoms with Crippen molar-refractivity contribution in [3.05, 3.63) is 41.7 Å². The van der Waals surface area contributed by atoms with E-state index in [-0.39, 0.29) is 18.2 Å². The summed E-state index contributed by atoms with van der Waals surface area (Å²) in [4.78, 5) is 28.6. The molecule has 2 amide bonds. The normalized spacial score (nSPS) is 11.7. The number of hydrogen-bond acceptors (Lipinski definition) is 8. The van der Waals surface area contributed by atoms with E-state index in [0.29, 0.717) is 27.5 Å². The zero-order chi connectivity index (χ0) is 20.8. The number of rotatable bonds is 8. The van der Waals surface area contributed by atoms with Crippen LogP contribution in [-0.4, -0.2) is 43.9 Å². The van der Waals surface area contributed by atoms with Gasteiger partial charge in [0.2, 0.25) is 11.8 Å². The number of carbonyl (C=O) groups excluding carboxylic acids is 2. The van der Waals surface area contributed by atoms with Crippen LogP contribution in [0.4, 0.5) is 10.8 Å². The van der Waals surface area contributed by atoms with E-state index in [1.165, 1.54) is 23.1 Å². The molecule has 1 atom stereocenters. The summed E-state index contributed by atoms with van der Waals surface area (Å²) in [5.41, 5.74) is 0.638. The number of amides is 2. The molecule has 0 fully saturated rings. The van der Waals surface area contributed by atoms with Crippen molar-refractivity contribution in [1.82, 2.24) is 19.7 Å². The Hall–Kier alpha value is -2.92. The van der Waals surface area contributed by atoms with Crippen molar-refractivity contribution in [1.29, 1.82) is 0 Å². The van der Waals surface area contributed by atoms with Crippen LogP contribution in [0.15, 0.2) is 41.0 Å². The summed E-state index contributed by atoms with van der Waals surface area (Å²) < 4.78 is 6.86. The fraction of sp³-hybridized carbons (Fsp3) is 0.278. The van der Waals surface area contributed by atoms with E-state index in [0.717, 1.165) is 0 Å². The molecule has 0 radical (unpaired) electrons. The van der Waals surface area contributed by atoms with Gasteiger partial charge < -0.3 is 19.9 Å². The van der Waals surface area contributed by atoms with Crippen molar-refractivity contribution in [2.75, 3.05) is 17.7 Å². The van der Waals surface area contributed by atoms with Gasteiger partial charge in [0.15, 0.2) is 10.3 Å². The van der Waals surface area contributed by atoms with Gasteiger partial charge in [0.25, 0.3) is 0 Å². The number of anilines is 2. The third kappa shape index (κ3) is 5.55. The number of thioether (sulfide) groups is 1. The molecule has 0 saturated heterocycles. The van der Waals surface area contributed by atoms with Gasteiger partial charge in [-0.05, 0) is 19.1 Å². The standard InChI is InChI=1S/C18H20N6O3S2/c1-11(16(26)21-17-19-7-8-28-17)29-18-23-22-14(24(18)2)10-15(25)20-12-5-4-6-13(9-12)27-3/h4-9,11H,10H2,1-3H3,(H,20,25)(H,19,21,26).